The second-order valence-corrected chi connectivity index (χ2v) is 10.9. The lowest BCUT2D eigenvalue weighted by atomic mass is 9.50. The third-order valence-corrected chi connectivity index (χ3v) is 8.17. The zero-order valence-corrected chi connectivity index (χ0v) is 21.1. The fraction of sp³-hybridized carbons (Fsp3) is 0.323. The van der Waals surface area contributed by atoms with Gasteiger partial charge in [-0.1, -0.05) is 37.3 Å². The highest BCUT2D eigenvalue weighted by atomic mass is 19.1. The molecule has 4 nitrogen and oxygen atoms in total. The van der Waals surface area contributed by atoms with E-state index in [0.29, 0.717) is 28.4 Å². The largest absolute Gasteiger partial charge is 0.494 e. The highest BCUT2D eigenvalue weighted by molar-refractivity contribution is 6.06. The molecule has 1 heterocycles. The number of rotatable bonds is 6. The summed E-state index contributed by atoms with van der Waals surface area (Å²) in [5.41, 5.74) is 4.17. The summed E-state index contributed by atoms with van der Waals surface area (Å²) in [5.74, 6) is 0.113. The minimum Gasteiger partial charge on any atom is -0.494 e. The predicted molar refractivity (Wildman–Crippen MR) is 141 cm³/mol. The maximum Gasteiger partial charge on any atom is 0.253 e. The number of ether oxygens (including phenoxy) is 1. The van der Waals surface area contributed by atoms with Gasteiger partial charge in [0, 0.05) is 24.2 Å². The van der Waals surface area contributed by atoms with E-state index in [0.717, 1.165) is 35.4 Å². The lowest BCUT2D eigenvalue weighted by Gasteiger charge is -2.57. The molecule has 0 atom stereocenters. The van der Waals surface area contributed by atoms with Gasteiger partial charge in [0.25, 0.3) is 5.91 Å². The smallest absolute Gasteiger partial charge is 0.253 e. The van der Waals surface area contributed by atoms with Gasteiger partial charge in [-0.25, -0.2) is 8.78 Å². The molecule has 4 aromatic rings. The number of carbonyl (C=O) groups excluding carboxylic acids is 1. The van der Waals surface area contributed by atoms with E-state index in [1.54, 1.807) is 18.2 Å². The summed E-state index contributed by atoms with van der Waals surface area (Å²) in [7, 11) is 1.44. The van der Waals surface area contributed by atoms with E-state index in [9.17, 15) is 13.6 Å². The molecule has 1 aromatic heterocycles. The van der Waals surface area contributed by atoms with E-state index in [4.69, 9.17) is 4.74 Å². The Kier molecular flexibility index (Phi) is 5.78. The van der Waals surface area contributed by atoms with Gasteiger partial charge in [-0.15, -0.1) is 0 Å². The van der Waals surface area contributed by atoms with Crippen LogP contribution < -0.4 is 10.1 Å². The number of carbonyl (C=O) groups is 1. The van der Waals surface area contributed by atoms with Crippen LogP contribution in [0.1, 0.15) is 48.5 Å². The third kappa shape index (κ3) is 4.28. The summed E-state index contributed by atoms with van der Waals surface area (Å²) < 4.78 is 35.7. The van der Waals surface area contributed by atoms with Crippen molar-refractivity contribution in [3.63, 3.8) is 0 Å². The van der Waals surface area contributed by atoms with Crippen LogP contribution in [0.4, 0.5) is 8.78 Å². The van der Waals surface area contributed by atoms with Crippen molar-refractivity contribution in [2.45, 2.75) is 45.2 Å². The summed E-state index contributed by atoms with van der Waals surface area (Å²) in [6.45, 7) is 2.77. The fourth-order valence-corrected chi connectivity index (χ4v) is 6.55. The van der Waals surface area contributed by atoms with E-state index < -0.39 is 5.82 Å². The molecule has 1 amide bonds. The van der Waals surface area contributed by atoms with Crippen LogP contribution in [0.3, 0.4) is 0 Å². The van der Waals surface area contributed by atoms with Crippen molar-refractivity contribution in [2.24, 2.45) is 11.3 Å². The fourth-order valence-electron chi connectivity index (χ4n) is 6.55. The number of aromatic nitrogens is 1. The van der Waals surface area contributed by atoms with Gasteiger partial charge in [-0.3, -0.25) is 4.79 Å². The van der Waals surface area contributed by atoms with E-state index in [2.05, 4.69) is 12.2 Å². The van der Waals surface area contributed by atoms with Crippen LogP contribution in [0, 0.1) is 23.0 Å². The Morgan fingerprint density at radius 2 is 1.70 bits per heavy atom. The molecule has 1 spiro atoms. The first-order valence-electron chi connectivity index (χ1n) is 12.9. The molecule has 0 aliphatic heterocycles. The van der Waals surface area contributed by atoms with E-state index in [-0.39, 0.29) is 23.5 Å². The molecule has 190 valence electrons. The first-order chi connectivity index (χ1) is 17.8. The Balaban J connectivity index is 1.22. The van der Waals surface area contributed by atoms with Gasteiger partial charge in [0.15, 0.2) is 11.6 Å². The minimum atomic E-state index is -0.407. The highest BCUT2D eigenvalue weighted by Crippen LogP contribution is 2.58. The topological polar surface area (TPSA) is 43.3 Å². The molecule has 2 saturated carbocycles. The molecule has 0 radical (unpaired) electrons. The molecule has 0 bridgehead atoms. The van der Waals surface area contributed by atoms with Crippen LogP contribution in [-0.2, 0) is 6.54 Å². The minimum absolute atomic E-state index is 0.144. The van der Waals surface area contributed by atoms with Gasteiger partial charge in [-0.2, -0.15) is 0 Å². The molecule has 1 N–H and O–H groups in total. The molecule has 2 fully saturated rings. The lowest BCUT2D eigenvalue weighted by molar-refractivity contribution is -0.0399. The maximum atomic E-state index is 14.7. The van der Waals surface area contributed by atoms with Crippen LogP contribution in [0.2, 0.25) is 0 Å². The molecule has 2 aliphatic carbocycles. The van der Waals surface area contributed by atoms with Crippen LogP contribution in [0.15, 0.2) is 66.9 Å². The quantitative estimate of drug-likeness (QED) is 0.311. The SMILES string of the molecule is COc1ccc(-c2ccc(Cn3ccc4c(F)ccc(C(=O)NC5CC6(CC(C)C6)C5)c43)cc2)cc1F. The summed E-state index contributed by atoms with van der Waals surface area (Å²) >= 11 is 0. The van der Waals surface area contributed by atoms with E-state index in [1.807, 2.05) is 41.1 Å². The van der Waals surface area contributed by atoms with Gasteiger partial charge >= 0.3 is 0 Å². The van der Waals surface area contributed by atoms with Crippen molar-refractivity contribution in [1.82, 2.24) is 9.88 Å². The monoisotopic (exact) mass is 500 g/mol. The van der Waals surface area contributed by atoms with Gasteiger partial charge in [-0.05, 0) is 84.0 Å². The molecule has 6 rings (SSSR count). The molecule has 0 saturated heterocycles. The third-order valence-electron chi connectivity index (χ3n) is 8.17. The van der Waals surface area contributed by atoms with E-state index >= 15 is 0 Å². The van der Waals surface area contributed by atoms with Crippen molar-refractivity contribution in [2.75, 3.05) is 7.11 Å². The number of nitrogens with one attached hydrogen (secondary N) is 1. The first-order valence-corrected chi connectivity index (χ1v) is 12.9. The summed E-state index contributed by atoms with van der Waals surface area (Å²) in [5, 5.41) is 3.63. The van der Waals surface area contributed by atoms with Crippen molar-refractivity contribution in [3.8, 4) is 16.9 Å². The van der Waals surface area contributed by atoms with Gasteiger partial charge in [0.2, 0.25) is 0 Å². The number of methoxy groups -OCH3 is 1. The molecule has 2 aliphatic rings. The maximum absolute atomic E-state index is 14.7. The number of amides is 1. The standard InChI is InChI=1S/C31H30F2N2O2/c1-19-14-31(15-19)16-23(17-31)34-30(36)25-8-9-26(32)24-11-12-35(29(24)25)18-20-3-5-21(6-4-20)22-7-10-28(37-2)27(33)13-22/h3-13,19,23H,14-18H2,1-2H3,(H,34,36). The van der Waals surface area contributed by atoms with Gasteiger partial charge < -0.3 is 14.6 Å². The van der Waals surface area contributed by atoms with Gasteiger partial charge in [0.05, 0.1) is 18.2 Å². The molecule has 3 aromatic carbocycles. The normalized spacial score (nSPS) is 22.5. The van der Waals surface area contributed by atoms with E-state index in [1.165, 1.54) is 32.1 Å². The molecule has 6 heteroatoms. The average molecular weight is 501 g/mol. The molecular formula is C31H30F2N2O2. The van der Waals surface area contributed by atoms with Crippen molar-refractivity contribution < 1.29 is 18.3 Å². The Hall–Kier alpha value is -3.67. The predicted octanol–water partition coefficient (Wildman–Crippen LogP) is 6.95. The Bertz CT molecular complexity index is 1480. The number of hydrogen-bond acceptors (Lipinski definition) is 2. The number of benzene rings is 3. The zero-order chi connectivity index (χ0) is 25.7. The lowest BCUT2D eigenvalue weighted by Crippen LogP contribution is -2.55. The van der Waals surface area contributed by atoms with Crippen LogP contribution >= 0.6 is 0 Å². The number of fused-ring (bicyclic) bond motifs is 1. The second-order valence-electron chi connectivity index (χ2n) is 10.9. The van der Waals surface area contributed by atoms with Crippen LogP contribution in [0.25, 0.3) is 22.0 Å². The highest BCUT2D eigenvalue weighted by Gasteiger charge is 2.51. The molecule has 0 unspecified atom stereocenters. The van der Waals surface area contributed by atoms with Crippen molar-refractivity contribution in [3.05, 3.63) is 89.6 Å². The van der Waals surface area contributed by atoms with Gasteiger partial charge in [0.1, 0.15) is 5.82 Å². The Morgan fingerprint density at radius 3 is 2.38 bits per heavy atom. The number of halogens is 2. The molecule has 37 heavy (non-hydrogen) atoms. The van der Waals surface area contributed by atoms with Crippen molar-refractivity contribution >= 4 is 16.8 Å². The van der Waals surface area contributed by atoms with Crippen molar-refractivity contribution in [1.29, 1.82) is 0 Å². The Morgan fingerprint density at radius 1 is 0.973 bits per heavy atom. The Labute approximate surface area is 215 Å². The van der Waals surface area contributed by atoms with Crippen LogP contribution in [0.5, 0.6) is 5.75 Å². The average Bonchev–Trinajstić information content (AvgIpc) is 3.27. The number of hydrogen-bond donors (Lipinski definition) is 1. The van der Waals surface area contributed by atoms with Crippen LogP contribution in [-0.4, -0.2) is 23.6 Å². The second kappa shape index (κ2) is 9.02. The summed E-state index contributed by atoms with van der Waals surface area (Å²) in [4.78, 5) is 13.2. The zero-order valence-electron chi connectivity index (χ0n) is 21.1. The summed E-state index contributed by atoms with van der Waals surface area (Å²) in [6.07, 6.45) is 6.42. The number of nitrogens with zero attached hydrogens (tertiary/aromatic N) is 1. The molecular weight excluding hydrogens is 470 g/mol. The summed E-state index contributed by atoms with van der Waals surface area (Å²) in [6, 6.07) is 17.6. The first kappa shape index (κ1) is 23.7.